The summed E-state index contributed by atoms with van der Waals surface area (Å²) in [4.78, 5) is 17.3. The number of amides is 1. The normalized spacial score (nSPS) is 11.6. The average molecular weight is 395 g/mol. The quantitative estimate of drug-likeness (QED) is 0.492. The van der Waals surface area contributed by atoms with Crippen molar-refractivity contribution >= 4 is 17.4 Å². The van der Waals surface area contributed by atoms with Gasteiger partial charge in [0.25, 0.3) is 5.91 Å². The second-order valence-electron chi connectivity index (χ2n) is 6.63. The minimum Gasteiger partial charge on any atom is -0.306 e. The van der Waals surface area contributed by atoms with Gasteiger partial charge in [-0.15, -0.1) is 0 Å². The highest BCUT2D eigenvalue weighted by Gasteiger charge is 2.30. The second kappa shape index (κ2) is 7.09. The van der Waals surface area contributed by atoms with Gasteiger partial charge in [-0.25, -0.2) is 4.98 Å². The van der Waals surface area contributed by atoms with Gasteiger partial charge in [-0.2, -0.15) is 13.2 Å². The number of hydrogen-bond acceptors (Lipinski definition) is 2. The highest BCUT2D eigenvalue weighted by Crippen LogP contribution is 2.31. The van der Waals surface area contributed by atoms with Gasteiger partial charge in [-0.1, -0.05) is 35.9 Å². The van der Waals surface area contributed by atoms with Crippen LogP contribution in [0.5, 0.6) is 0 Å². The number of rotatable bonds is 3. The molecule has 0 bridgehead atoms. The van der Waals surface area contributed by atoms with Crippen molar-refractivity contribution in [2.45, 2.75) is 13.1 Å². The van der Waals surface area contributed by atoms with E-state index in [4.69, 9.17) is 0 Å². The van der Waals surface area contributed by atoms with Crippen LogP contribution in [-0.2, 0) is 6.18 Å². The number of nitrogens with zero attached hydrogens (tertiary/aromatic N) is 2. The van der Waals surface area contributed by atoms with Gasteiger partial charge in [0, 0.05) is 17.3 Å². The summed E-state index contributed by atoms with van der Waals surface area (Å²) in [5.74, 6) is -0.0629. The molecule has 1 N–H and O–H groups in total. The van der Waals surface area contributed by atoms with Crippen LogP contribution in [0.4, 0.5) is 19.0 Å². The van der Waals surface area contributed by atoms with Crippen LogP contribution in [0.25, 0.3) is 16.9 Å². The number of aryl methyl sites for hydroxylation is 1. The Bertz CT molecular complexity index is 1180. The van der Waals surface area contributed by atoms with Crippen LogP contribution in [0.2, 0.25) is 0 Å². The molecule has 2 aromatic carbocycles. The summed E-state index contributed by atoms with van der Waals surface area (Å²) >= 11 is 0. The minimum absolute atomic E-state index is 0.124. The molecule has 4 aromatic rings. The standard InChI is InChI=1S/C22H16F3N3O/c1-14-5-7-15(8-6-14)19-20(28-13-3-2-4-18(28)26-19)27-21(29)16-9-11-17(12-10-16)22(23,24)25/h2-13H,1H3,(H,27,29). The lowest BCUT2D eigenvalue weighted by Gasteiger charge is -2.10. The maximum atomic E-state index is 12.8. The van der Waals surface area contributed by atoms with Crippen LogP contribution in [0, 0.1) is 6.92 Å². The molecule has 0 aliphatic carbocycles. The molecule has 0 radical (unpaired) electrons. The molecule has 0 fully saturated rings. The number of fused-ring (bicyclic) bond motifs is 1. The number of imidazole rings is 1. The molecule has 0 atom stereocenters. The summed E-state index contributed by atoms with van der Waals surface area (Å²) in [5.41, 5.74) is 2.46. The SMILES string of the molecule is Cc1ccc(-c2nc3ccccn3c2NC(=O)c2ccc(C(F)(F)F)cc2)cc1. The van der Waals surface area contributed by atoms with Crippen molar-refractivity contribution in [3.05, 3.63) is 89.6 Å². The number of nitrogens with one attached hydrogen (secondary N) is 1. The van der Waals surface area contributed by atoms with Gasteiger partial charge >= 0.3 is 6.18 Å². The summed E-state index contributed by atoms with van der Waals surface area (Å²) < 4.78 is 40.0. The molecule has 4 rings (SSSR count). The molecule has 29 heavy (non-hydrogen) atoms. The fraction of sp³-hybridized carbons (Fsp3) is 0.0909. The Labute approximate surface area is 164 Å². The van der Waals surface area contributed by atoms with Crippen molar-refractivity contribution in [3.8, 4) is 11.3 Å². The fourth-order valence-corrected chi connectivity index (χ4v) is 3.02. The molecule has 0 aliphatic rings. The zero-order valence-corrected chi connectivity index (χ0v) is 15.4. The third kappa shape index (κ3) is 3.71. The molecule has 1 amide bonds. The van der Waals surface area contributed by atoms with Gasteiger partial charge in [0.2, 0.25) is 0 Å². The van der Waals surface area contributed by atoms with Crippen LogP contribution < -0.4 is 5.32 Å². The molecule has 7 heteroatoms. The van der Waals surface area contributed by atoms with E-state index in [1.807, 2.05) is 43.3 Å². The maximum absolute atomic E-state index is 12.8. The third-order valence-corrected chi connectivity index (χ3v) is 4.56. The summed E-state index contributed by atoms with van der Waals surface area (Å²) in [7, 11) is 0. The first-order chi connectivity index (χ1) is 13.8. The first-order valence-corrected chi connectivity index (χ1v) is 8.86. The highest BCUT2D eigenvalue weighted by atomic mass is 19.4. The summed E-state index contributed by atoms with van der Waals surface area (Å²) in [6, 6.07) is 17.3. The van der Waals surface area contributed by atoms with Gasteiger partial charge < -0.3 is 5.32 Å². The number of alkyl halides is 3. The van der Waals surface area contributed by atoms with Crippen LogP contribution in [0.3, 0.4) is 0 Å². The number of anilines is 1. The van der Waals surface area contributed by atoms with E-state index in [2.05, 4.69) is 10.3 Å². The number of pyridine rings is 1. The van der Waals surface area contributed by atoms with E-state index in [9.17, 15) is 18.0 Å². The number of carbonyl (C=O) groups excluding carboxylic acids is 1. The van der Waals surface area contributed by atoms with Crippen molar-refractivity contribution in [1.82, 2.24) is 9.38 Å². The van der Waals surface area contributed by atoms with Gasteiger partial charge in [0.05, 0.1) is 5.56 Å². The fourth-order valence-electron chi connectivity index (χ4n) is 3.02. The molecule has 0 unspecified atom stereocenters. The van der Waals surface area contributed by atoms with Crippen LogP contribution >= 0.6 is 0 Å². The Morgan fingerprint density at radius 3 is 2.31 bits per heavy atom. The molecule has 0 saturated heterocycles. The molecule has 0 aliphatic heterocycles. The third-order valence-electron chi connectivity index (χ3n) is 4.56. The largest absolute Gasteiger partial charge is 0.416 e. The molecule has 146 valence electrons. The Balaban J connectivity index is 1.72. The second-order valence-corrected chi connectivity index (χ2v) is 6.63. The van der Waals surface area contributed by atoms with Crippen molar-refractivity contribution in [1.29, 1.82) is 0 Å². The molecular weight excluding hydrogens is 379 g/mol. The number of halogens is 3. The zero-order chi connectivity index (χ0) is 20.6. The first-order valence-electron chi connectivity index (χ1n) is 8.86. The van der Waals surface area contributed by atoms with Gasteiger partial charge in [0.15, 0.2) is 0 Å². The Morgan fingerprint density at radius 2 is 1.66 bits per heavy atom. The topological polar surface area (TPSA) is 46.4 Å². The lowest BCUT2D eigenvalue weighted by atomic mass is 10.1. The number of benzene rings is 2. The molecule has 4 nitrogen and oxygen atoms in total. The smallest absolute Gasteiger partial charge is 0.306 e. The van der Waals surface area contributed by atoms with Crippen molar-refractivity contribution < 1.29 is 18.0 Å². The van der Waals surface area contributed by atoms with E-state index in [1.165, 1.54) is 0 Å². The van der Waals surface area contributed by atoms with E-state index in [0.29, 0.717) is 17.2 Å². The van der Waals surface area contributed by atoms with Crippen molar-refractivity contribution in [3.63, 3.8) is 0 Å². The van der Waals surface area contributed by atoms with Gasteiger partial charge in [-0.05, 0) is 43.3 Å². The number of hydrogen-bond donors (Lipinski definition) is 1. The summed E-state index contributed by atoms with van der Waals surface area (Å²) in [5, 5.41) is 2.80. The van der Waals surface area contributed by atoms with Gasteiger partial charge in [-0.3, -0.25) is 9.20 Å². The van der Waals surface area contributed by atoms with Gasteiger partial charge in [0.1, 0.15) is 17.2 Å². The highest BCUT2D eigenvalue weighted by molar-refractivity contribution is 6.05. The van der Waals surface area contributed by atoms with Crippen molar-refractivity contribution in [2.24, 2.45) is 0 Å². The van der Waals surface area contributed by atoms with E-state index < -0.39 is 17.6 Å². The molecule has 0 spiro atoms. The maximum Gasteiger partial charge on any atom is 0.416 e. The summed E-state index contributed by atoms with van der Waals surface area (Å²) in [6.07, 6.45) is -2.68. The molecule has 0 saturated carbocycles. The Hall–Kier alpha value is -3.61. The van der Waals surface area contributed by atoms with E-state index in [-0.39, 0.29) is 5.56 Å². The predicted molar refractivity (Wildman–Crippen MR) is 105 cm³/mol. The number of carbonyl (C=O) groups is 1. The zero-order valence-electron chi connectivity index (χ0n) is 15.4. The van der Waals surface area contributed by atoms with Crippen LogP contribution in [0.15, 0.2) is 72.9 Å². The minimum atomic E-state index is -4.45. The molecule has 2 heterocycles. The monoisotopic (exact) mass is 395 g/mol. The van der Waals surface area contributed by atoms with E-state index >= 15 is 0 Å². The molecular formula is C22H16F3N3O. The summed E-state index contributed by atoms with van der Waals surface area (Å²) in [6.45, 7) is 1.97. The molecule has 2 aromatic heterocycles. The predicted octanol–water partition coefficient (Wildman–Crippen LogP) is 5.58. The average Bonchev–Trinajstić information content (AvgIpc) is 3.06. The Kier molecular flexibility index (Phi) is 4.58. The number of aromatic nitrogens is 2. The lowest BCUT2D eigenvalue weighted by Crippen LogP contribution is -2.14. The lowest BCUT2D eigenvalue weighted by molar-refractivity contribution is -0.137. The van der Waals surface area contributed by atoms with E-state index in [1.54, 1.807) is 16.7 Å². The van der Waals surface area contributed by atoms with Crippen molar-refractivity contribution in [2.75, 3.05) is 5.32 Å². The van der Waals surface area contributed by atoms with E-state index in [0.717, 1.165) is 35.4 Å². The van der Waals surface area contributed by atoms with Crippen LogP contribution in [-0.4, -0.2) is 15.3 Å². The Morgan fingerprint density at radius 1 is 0.966 bits per heavy atom. The first kappa shape index (κ1) is 18.7. The van der Waals surface area contributed by atoms with Crippen LogP contribution in [0.1, 0.15) is 21.5 Å².